The van der Waals surface area contributed by atoms with Crippen molar-refractivity contribution in [3.05, 3.63) is 65.0 Å². The predicted molar refractivity (Wildman–Crippen MR) is 390 cm³/mol. The zero-order valence-corrected chi connectivity index (χ0v) is 69.3. The Morgan fingerprint density at radius 1 is 0.526 bits per heavy atom. The number of carboxylic acid groups (broad SMARTS) is 7. The average molecular weight is 1880 g/mol. The predicted octanol–water partition coefficient (Wildman–Crippen LogP) is -10.1. The summed E-state index contributed by atoms with van der Waals surface area (Å²) in [5.74, 6) is -7.41. The van der Waals surface area contributed by atoms with Crippen molar-refractivity contribution in [3.8, 4) is 11.8 Å². The Morgan fingerprint density at radius 3 is 1.41 bits per heavy atom. The molecule has 6 rings (SSSR count). The van der Waals surface area contributed by atoms with E-state index in [0.29, 0.717) is 74.2 Å². The number of aliphatic carboxylic acids is 7. The van der Waals surface area contributed by atoms with Crippen LogP contribution in [0.1, 0.15) is 113 Å². The molecule has 4 aliphatic rings. The first kappa shape index (κ1) is 99.6. The van der Waals surface area contributed by atoms with Crippen LogP contribution in [0.5, 0.6) is 0 Å². The van der Waals surface area contributed by atoms with Gasteiger partial charge in [-0.1, -0.05) is 24.0 Å². The van der Waals surface area contributed by atoms with Crippen LogP contribution in [0, 0.1) is 104 Å². The zero-order chi connectivity index (χ0) is 81.7. The van der Waals surface area contributed by atoms with Crippen molar-refractivity contribution in [3.63, 3.8) is 0 Å². The molecule has 114 heavy (non-hydrogen) atoms. The zero-order valence-electron chi connectivity index (χ0n) is 64.8. The molecule has 2 aromatic rings. The third kappa shape index (κ3) is 39.0. The van der Waals surface area contributed by atoms with Crippen LogP contribution in [0.25, 0.3) is 0 Å². The fourth-order valence-corrected chi connectivity index (χ4v) is 14.2. The molecule has 1 aromatic carbocycles. The van der Waals surface area contributed by atoms with Crippen LogP contribution in [0.2, 0.25) is 0 Å². The number of piperidine rings is 2. The molecule has 0 saturated carbocycles. The van der Waals surface area contributed by atoms with Gasteiger partial charge in [0.25, 0.3) is 0 Å². The molecule has 2 radical (unpaired) electrons. The normalized spacial score (nSPS) is 18.6. The Balaban J connectivity index is 0.0000137. The largest absolute Gasteiger partial charge is 3.00 e. The molecule has 5 heterocycles. The molecule has 4 aliphatic heterocycles. The topological polar surface area (TPSA) is 500 Å². The number of pyridine rings is 1. The summed E-state index contributed by atoms with van der Waals surface area (Å²) in [6.07, 6.45) is 8.58. The number of nitrogens with one attached hydrogen (secondary N) is 5. The van der Waals surface area contributed by atoms with Crippen LogP contribution in [-0.4, -0.2) is 345 Å². The number of rotatable bonds is 38. The minimum absolute atomic E-state index is 0. The molecule has 1 aromatic heterocycles. The third-order valence-electron chi connectivity index (χ3n) is 20.8. The Bertz CT molecular complexity index is 3520. The first-order valence-corrected chi connectivity index (χ1v) is 38.4. The number of aryl methyl sites for hydroxylation is 1. The van der Waals surface area contributed by atoms with Crippen molar-refractivity contribution in [1.82, 2.24) is 75.7 Å². The first-order chi connectivity index (χ1) is 53.4. The Morgan fingerprint density at radius 2 is 0.965 bits per heavy atom. The fraction of sp³-hybridized carbons (Fsp3) is 0.645. The van der Waals surface area contributed by atoms with Crippen molar-refractivity contribution in [1.29, 1.82) is 0 Å². The smallest absolute Gasteiger partial charge is 0.549 e. The van der Waals surface area contributed by atoms with Crippen LogP contribution in [0.15, 0.2) is 42.7 Å². The molecular weight excluding hydrogens is 1770 g/mol. The maximum Gasteiger partial charge on any atom is 3.00 e. The van der Waals surface area contributed by atoms with E-state index in [4.69, 9.17) is 0 Å². The van der Waals surface area contributed by atoms with Crippen LogP contribution < -0.4 is 57.2 Å². The number of Topliss-reactive ketones (excluding diaryl/α,β-unsaturated/α-hetero) is 2. The van der Waals surface area contributed by atoms with E-state index in [-0.39, 0.29) is 216 Å². The van der Waals surface area contributed by atoms with Gasteiger partial charge < -0.3 is 96.0 Å². The Labute approximate surface area is 728 Å². The molecule has 38 heteroatoms. The van der Waals surface area contributed by atoms with Gasteiger partial charge in [0.1, 0.15) is 11.8 Å². The van der Waals surface area contributed by atoms with Gasteiger partial charge in [-0.25, -0.2) is 0 Å². The number of carbonyl (C=O) groups is 14. The van der Waals surface area contributed by atoms with Gasteiger partial charge in [0.15, 0.2) is 5.78 Å². The molecule has 3 unspecified atom stereocenters. The SMILES string of the molecule is CC(C(=O)NCC(=O)NCC(NC(=O)CNC(=O)C(C)N1CCN(CC(=O)[O-])CCN(CC(=O)[O-])CCN(CC(=O)[O-])CC1)C(=O)CCCCc1ccc(C#Cc2cncc([C@H](CC(=O)O)CC(=O)[C@@H]3CCCN(C(=O)CCC4CCNCC4)C3)c2)cc1)N1CCN(CC(=O)[O-])CCN(CC(=O)[O-])CCN(CC(=O)[O-])CC1.[Gd+3].[Gd+3]. The molecule has 4 saturated heterocycles. The third-order valence-corrected chi connectivity index (χ3v) is 20.8. The molecule has 4 fully saturated rings. The molecular formula is C76H107Gd2N15O21. The van der Waals surface area contributed by atoms with E-state index in [1.807, 2.05) is 24.3 Å². The van der Waals surface area contributed by atoms with Crippen molar-refractivity contribution < 1.29 is 183 Å². The summed E-state index contributed by atoms with van der Waals surface area (Å²) < 4.78 is 0. The number of hydrogen-bond acceptors (Lipinski definition) is 30. The van der Waals surface area contributed by atoms with E-state index in [2.05, 4.69) is 43.4 Å². The summed E-state index contributed by atoms with van der Waals surface area (Å²) in [5.41, 5.74) is 2.59. The summed E-state index contributed by atoms with van der Waals surface area (Å²) in [6, 6.07) is 5.68. The van der Waals surface area contributed by atoms with Gasteiger partial charge in [-0.05, 0) is 114 Å². The number of nitrogens with zero attached hydrogens (tertiary/aromatic N) is 10. The van der Waals surface area contributed by atoms with Crippen LogP contribution in [-0.2, 0) is 73.5 Å². The molecule has 0 bridgehead atoms. The van der Waals surface area contributed by atoms with E-state index in [1.165, 1.54) is 43.2 Å². The Kier molecular flexibility index (Phi) is 46.7. The van der Waals surface area contributed by atoms with E-state index >= 15 is 0 Å². The summed E-state index contributed by atoms with van der Waals surface area (Å²) in [7, 11) is 0. The van der Waals surface area contributed by atoms with Crippen molar-refractivity contribution in [2.24, 2.45) is 11.8 Å². The van der Waals surface area contributed by atoms with Crippen LogP contribution >= 0.6 is 0 Å². The van der Waals surface area contributed by atoms with Crippen LogP contribution in [0.4, 0.5) is 0 Å². The van der Waals surface area contributed by atoms with E-state index in [1.54, 1.807) is 33.2 Å². The summed E-state index contributed by atoms with van der Waals surface area (Å²) in [5, 5.41) is 93.7. The second-order valence-electron chi connectivity index (χ2n) is 29.2. The van der Waals surface area contributed by atoms with Gasteiger partial charge in [0.05, 0.1) is 67.4 Å². The van der Waals surface area contributed by atoms with Gasteiger partial charge in [0, 0.05) is 218 Å². The minimum atomic E-state index is -1.41. The van der Waals surface area contributed by atoms with E-state index in [9.17, 15) is 103 Å². The van der Waals surface area contributed by atoms with Gasteiger partial charge in [-0.3, -0.25) is 82.5 Å². The number of likely N-dealkylation sites (tertiary alicyclic amines) is 1. The second-order valence-corrected chi connectivity index (χ2v) is 29.2. The number of amides is 5. The molecule has 0 spiro atoms. The van der Waals surface area contributed by atoms with Crippen LogP contribution in [0.3, 0.4) is 0 Å². The molecule has 6 N–H and O–H groups in total. The standard InChI is InChI=1S/C76H113N15O21.2Gd/c1-53(89-34-30-85(49-71(103)104)26-22-83(47-69(99)100)23-27-86(31-35-89)50-72(105)106)75(111)80-44-65(94)79-43-62(82-66(95)45-81-76(112)54(2)90-36-32-87(51-73(107)108)28-24-84(48-70(101)102)25-29-88(33-37-90)52-74(109)110)63(92)8-4-3-6-55-9-11-56(12-10-55)13-14-58-38-61(42-78-41-58)60(40-68(97)98)39-64(93)59-7-5-21-91(46-59)67(96)16-15-57-17-19-77-20-18-57;;/h9-12,38,41-42,53-54,57,59-60,62,77H,3-8,15-37,39-40,43-52H2,1-2H3,(H,79,94)(H,80,111)(H,81,112)(H,82,95)(H,97,98)(H,99,100)(H,101,102)(H,103,104)(H,105,106)(H,107,108)(H,109,110);;/q;2*+3/p-6/t53?,54?,59-,60+,62?;;/m1../s1. The number of carboxylic acids is 7. The maximum atomic E-state index is 14.2. The van der Waals surface area contributed by atoms with Gasteiger partial charge in [0.2, 0.25) is 29.5 Å². The first-order valence-electron chi connectivity index (χ1n) is 38.4. The quantitative estimate of drug-likeness (QED) is 0.0269. The van der Waals surface area contributed by atoms with E-state index < -0.39 is 160 Å². The molecule has 628 valence electrons. The molecule has 0 aliphatic carbocycles. The van der Waals surface area contributed by atoms with Crippen molar-refractivity contribution in [2.75, 3.05) is 190 Å². The fourth-order valence-electron chi connectivity index (χ4n) is 14.2. The number of aromatic nitrogens is 1. The van der Waals surface area contributed by atoms with Crippen molar-refractivity contribution in [2.45, 2.75) is 115 Å². The molecule has 5 atom stereocenters. The number of benzene rings is 1. The second kappa shape index (κ2) is 53.5. The summed E-state index contributed by atoms with van der Waals surface area (Å²) >= 11 is 0. The molecule has 5 amide bonds. The summed E-state index contributed by atoms with van der Waals surface area (Å²) in [6.45, 7) is 1.79. The monoisotopic (exact) mass is 1880 g/mol. The van der Waals surface area contributed by atoms with Crippen molar-refractivity contribution >= 4 is 82.9 Å². The van der Waals surface area contributed by atoms with E-state index in [0.717, 1.165) is 37.9 Å². The minimum Gasteiger partial charge on any atom is -0.549 e. The average Bonchev–Trinajstić information content (AvgIpc) is 0.838. The maximum absolute atomic E-state index is 14.2. The number of carbonyl (C=O) groups excluding carboxylic acids is 13. The Hall–Kier alpha value is -6.80. The molecule has 36 nitrogen and oxygen atoms in total. The van der Waals surface area contributed by atoms with Gasteiger partial charge in [-0.2, -0.15) is 0 Å². The van der Waals surface area contributed by atoms with Gasteiger partial charge >= 0.3 is 85.9 Å². The van der Waals surface area contributed by atoms with Gasteiger partial charge in [-0.15, -0.1) is 0 Å². The number of hydrogen-bond donors (Lipinski definition) is 6. The summed E-state index contributed by atoms with van der Waals surface area (Å²) in [4.78, 5) is 197. The number of unbranched alkanes of at least 4 members (excludes halogenated alkanes) is 1. The number of ketones is 2.